The van der Waals surface area contributed by atoms with Gasteiger partial charge in [0.05, 0.1) is 19.2 Å². The van der Waals surface area contributed by atoms with E-state index in [2.05, 4.69) is 5.32 Å². The van der Waals surface area contributed by atoms with Crippen LogP contribution in [0, 0.1) is 5.92 Å². The van der Waals surface area contributed by atoms with Crippen LogP contribution in [0.2, 0.25) is 0 Å². The maximum absolute atomic E-state index is 12.6. The molecule has 0 radical (unpaired) electrons. The Bertz CT molecular complexity index is 546. The largest absolute Gasteiger partial charge is 0.370 e. The lowest BCUT2D eigenvalue weighted by atomic mass is 10.0. The van der Waals surface area contributed by atoms with Gasteiger partial charge >= 0.3 is 0 Å². The van der Waals surface area contributed by atoms with Crippen molar-refractivity contribution in [3.8, 4) is 0 Å². The predicted molar refractivity (Wildman–Crippen MR) is 82.3 cm³/mol. The Morgan fingerprint density at radius 2 is 2.05 bits per heavy atom. The molecule has 2 aliphatic heterocycles. The van der Waals surface area contributed by atoms with E-state index in [1.807, 2.05) is 35.2 Å². The van der Waals surface area contributed by atoms with Crippen molar-refractivity contribution in [2.75, 3.05) is 26.2 Å². The van der Waals surface area contributed by atoms with E-state index in [1.165, 1.54) is 0 Å². The molecule has 1 amide bonds. The molecule has 3 rings (SSSR count). The summed E-state index contributed by atoms with van der Waals surface area (Å²) in [5.41, 5.74) is 1.10. The first kappa shape index (κ1) is 15.2. The molecule has 0 aliphatic carbocycles. The molecule has 2 saturated heterocycles. The number of amides is 1. The molecule has 22 heavy (non-hydrogen) atoms. The summed E-state index contributed by atoms with van der Waals surface area (Å²) < 4.78 is 5.80. The third-order valence-corrected chi connectivity index (χ3v) is 4.55. The highest BCUT2D eigenvalue weighted by Crippen LogP contribution is 2.24. The minimum absolute atomic E-state index is 0.0279. The van der Waals surface area contributed by atoms with Gasteiger partial charge in [-0.3, -0.25) is 9.59 Å². The van der Waals surface area contributed by atoms with Crippen molar-refractivity contribution >= 4 is 11.7 Å². The molecule has 118 valence electrons. The standard InChI is InChI=1S/C17H22N2O3/c1-12(20)14-9-15(18-10-14)17(21)19-7-8-22-16(11-19)13-5-3-2-4-6-13/h2-6,14-16,18H,7-11H2,1H3. The number of morpholine rings is 1. The SMILES string of the molecule is CC(=O)C1CNC(C(=O)N2CCOC(c3ccccc3)C2)C1. The molecule has 5 nitrogen and oxygen atoms in total. The van der Waals surface area contributed by atoms with E-state index in [-0.39, 0.29) is 29.8 Å². The summed E-state index contributed by atoms with van der Waals surface area (Å²) in [4.78, 5) is 25.9. The summed E-state index contributed by atoms with van der Waals surface area (Å²) in [7, 11) is 0. The first-order valence-corrected chi connectivity index (χ1v) is 7.84. The second kappa shape index (κ2) is 6.58. The number of rotatable bonds is 3. The summed E-state index contributed by atoms with van der Waals surface area (Å²) >= 11 is 0. The van der Waals surface area contributed by atoms with Gasteiger partial charge in [0.2, 0.25) is 5.91 Å². The second-order valence-corrected chi connectivity index (χ2v) is 6.06. The minimum atomic E-state index is -0.233. The van der Waals surface area contributed by atoms with Gasteiger partial charge in [0, 0.05) is 19.0 Å². The molecule has 1 aromatic carbocycles. The summed E-state index contributed by atoms with van der Waals surface area (Å²) in [5, 5.41) is 3.19. The molecule has 0 saturated carbocycles. The molecule has 0 spiro atoms. The van der Waals surface area contributed by atoms with Gasteiger partial charge < -0.3 is 15.0 Å². The lowest BCUT2D eigenvalue weighted by molar-refractivity contribution is -0.141. The van der Waals surface area contributed by atoms with Gasteiger partial charge in [-0.2, -0.15) is 0 Å². The molecule has 0 bridgehead atoms. The van der Waals surface area contributed by atoms with E-state index in [0.717, 1.165) is 5.56 Å². The fraction of sp³-hybridized carbons (Fsp3) is 0.529. The number of carbonyl (C=O) groups excluding carboxylic acids is 2. The van der Waals surface area contributed by atoms with Crippen molar-refractivity contribution < 1.29 is 14.3 Å². The van der Waals surface area contributed by atoms with Crippen LogP contribution in [0.5, 0.6) is 0 Å². The average Bonchev–Trinajstić information content (AvgIpc) is 3.05. The fourth-order valence-electron chi connectivity index (χ4n) is 3.17. The molecular weight excluding hydrogens is 280 g/mol. The number of nitrogens with zero attached hydrogens (tertiary/aromatic N) is 1. The molecule has 3 atom stereocenters. The Hall–Kier alpha value is -1.72. The van der Waals surface area contributed by atoms with E-state index < -0.39 is 0 Å². The summed E-state index contributed by atoms with van der Waals surface area (Å²) in [6.45, 7) is 3.95. The molecule has 2 aliphatic rings. The van der Waals surface area contributed by atoms with Crippen LogP contribution >= 0.6 is 0 Å². The van der Waals surface area contributed by atoms with E-state index in [4.69, 9.17) is 4.74 Å². The third-order valence-electron chi connectivity index (χ3n) is 4.55. The van der Waals surface area contributed by atoms with E-state index in [1.54, 1.807) is 6.92 Å². The van der Waals surface area contributed by atoms with Crippen LogP contribution in [0.25, 0.3) is 0 Å². The Balaban J connectivity index is 1.62. The van der Waals surface area contributed by atoms with Crippen LogP contribution < -0.4 is 5.32 Å². The van der Waals surface area contributed by atoms with Gasteiger partial charge in [-0.25, -0.2) is 0 Å². The molecule has 5 heteroatoms. The molecule has 1 N–H and O–H groups in total. The average molecular weight is 302 g/mol. The van der Waals surface area contributed by atoms with Crippen LogP contribution in [-0.4, -0.2) is 48.9 Å². The topological polar surface area (TPSA) is 58.6 Å². The maximum Gasteiger partial charge on any atom is 0.239 e. The van der Waals surface area contributed by atoms with Crippen molar-refractivity contribution in [2.24, 2.45) is 5.92 Å². The van der Waals surface area contributed by atoms with Crippen molar-refractivity contribution in [1.82, 2.24) is 10.2 Å². The molecular formula is C17H22N2O3. The lowest BCUT2D eigenvalue weighted by Gasteiger charge is -2.34. The number of benzene rings is 1. The summed E-state index contributed by atoms with van der Waals surface area (Å²) in [6.07, 6.45) is 0.547. The Labute approximate surface area is 130 Å². The molecule has 3 unspecified atom stereocenters. The first-order valence-electron chi connectivity index (χ1n) is 7.84. The zero-order valence-electron chi connectivity index (χ0n) is 12.8. The predicted octanol–water partition coefficient (Wildman–Crippen LogP) is 1.15. The zero-order chi connectivity index (χ0) is 15.5. The quantitative estimate of drug-likeness (QED) is 0.910. The van der Waals surface area contributed by atoms with Crippen molar-refractivity contribution in [3.63, 3.8) is 0 Å². The van der Waals surface area contributed by atoms with Gasteiger partial charge in [-0.1, -0.05) is 30.3 Å². The maximum atomic E-state index is 12.6. The Morgan fingerprint density at radius 1 is 1.27 bits per heavy atom. The van der Waals surface area contributed by atoms with Gasteiger partial charge in [-0.05, 0) is 18.9 Å². The number of Topliss-reactive ketones (excluding diaryl/α,β-unsaturated/α-hetero) is 1. The monoisotopic (exact) mass is 302 g/mol. The second-order valence-electron chi connectivity index (χ2n) is 6.06. The summed E-state index contributed by atoms with van der Waals surface area (Å²) in [6, 6.07) is 9.75. The van der Waals surface area contributed by atoms with E-state index in [9.17, 15) is 9.59 Å². The summed E-state index contributed by atoms with van der Waals surface area (Å²) in [5.74, 6) is 0.222. The normalized spacial score (nSPS) is 28.6. The van der Waals surface area contributed by atoms with Crippen LogP contribution in [0.4, 0.5) is 0 Å². The lowest BCUT2D eigenvalue weighted by Crippen LogP contribution is -2.49. The number of nitrogens with one attached hydrogen (secondary N) is 1. The highest BCUT2D eigenvalue weighted by molar-refractivity contribution is 5.85. The molecule has 2 heterocycles. The van der Waals surface area contributed by atoms with Crippen LogP contribution in [0.1, 0.15) is 25.0 Å². The van der Waals surface area contributed by atoms with Gasteiger partial charge in [0.1, 0.15) is 11.9 Å². The number of hydrogen-bond acceptors (Lipinski definition) is 4. The van der Waals surface area contributed by atoms with Crippen molar-refractivity contribution in [1.29, 1.82) is 0 Å². The number of hydrogen-bond donors (Lipinski definition) is 1. The highest BCUT2D eigenvalue weighted by atomic mass is 16.5. The first-order chi connectivity index (χ1) is 10.6. The molecule has 2 fully saturated rings. The molecule has 1 aromatic rings. The fourth-order valence-corrected chi connectivity index (χ4v) is 3.17. The van der Waals surface area contributed by atoms with Gasteiger partial charge in [0.15, 0.2) is 0 Å². The van der Waals surface area contributed by atoms with Gasteiger partial charge in [-0.15, -0.1) is 0 Å². The zero-order valence-corrected chi connectivity index (χ0v) is 12.8. The smallest absolute Gasteiger partial charge is 0.239 e. The van der Waals surface area contributed by atoms with Crippen LogP contribution in [-0.2, 0) is 14.3 Å². The number of ketones is 1. The Kier molecular flexibility index (Phi) is 4.55. The molecule has 0 aromatic heterocycles. The number of carbonyl (C=O) groups is 2. The Morgan fingerprint density at radius 3 is 2.73 bits per heavy atom. The minimum Gasteiger partial charge on any atom is -0.370 e. The van der Waals surface area contributed by atoms with Crippen LogP contribution in [0.3, 0.4) is 0 Å². The van der Waals surface area contributed by atoms with Gasteiger partial charge in [0.25, 0.3) is 0 Å². The van der Waals surface area contributed by atoms with Crippen molar-refractivity contribution in [3.05, 3.63) is 35.9 Å². The van der Waals surface area contributed by atoms with E-state index >= 15 is 0 Å². The third kappa shape index (κ3) is 3.20. The number of ether oxygens (including phenoxy) is 1. The van der Waals surface area contributed by atoms with Crippen molar-refractivity contribution in [2.45, 2.75) is 25.5 Å². The highest BCUT2D eigenvalue weighted by Gasteiger charge is 2.36. The van der Waals surface area contributed by atoms with Crippen LogP contribution in [0.15, 0.2) is 30.3 Å². The van der Waals surface area contributed by atoms with E-state index in [0.29, 0.717) is 32.7 Å².